The highest BCUT2D eigenvalue weighted by Gasteiger charge is 2.41. The van der Waals surface area contributed by atoms with Crippen LogP contribution in [-0.2, 0) is 16.0 Å². The van der Waals surface area contributed by atoms with Crippen LogP contribution in [0.1, 0.15) is 27.2 Å². The summed E-state index contributed by atoms with van der Waals surface area (Å²) in [5, 5.41) is 4.62. The van der Waals surface area contributed by atoms with Gasteiger partial charge in [0.05, 0.1) is 0 Å². The molecule has 0 aliphatic heterocycles. The number of ether oxygens (including phenoxy) is 2. The SMILES string of the molecule is COC(CCn1ncnc1[Si](C)(C)C(C)(C)C)OC. The van der Waals surface area contributed by atoms with Crippen LogP contribution in [0, 0.1) is 0 Å². The molecule has 1 aromatic heterocycles. The Morgan fingerprint density at radius 2 is 1.84 bits per heavy atom. The smallest absolute Gasteiger partial charge is 0.158 e. The summed E-state index contributed by atoms with van der Waals surface area (Å²) in [7, 11) is 1.66. The number of aryl methyl sites for hydroxylation is 1. The van der Waals surface area contributed by atoms with E-state index in [-0.39, 0.29) is 11.3 Å². The molecule has 1 aromatic rings. The summed E-state index contributed by atoms with van der Waals surface area (Å²) in [6.45, 7) is 12.3. The molecule has 0 saturated heterocycles. The molecular formula is C13H27N3O2Si. The lowest BCUT2D eigenvalue weighted by molar-refractivity contribution is -0.108. The quantitative estimate of drug-likeness (QED) is 0.592. The Morgan fingerprint density at radius 3 is 2.32 bits per heavy atom. The third-order valence-corrected chi connectivity index (χ3v) is 9.41. The Labute approximate surface area is 117 Å². The molecule has 19 heavy (non-hydrogen) atoms. The molecule has 0 saturated carbocycles. The zero-order valence-corrected chi connectivity index (χ0v) is 14.2. The molecule has 0 N–H and O–H groups in total. The van der Waals surface area contributed by atoms with E-state index in [2.05, 4.69) is 43.9 Å². The fourth-order valence-electron chi connectivity index (χ4n) is 1.81. The van der Waals surface area contributed by atoms with Gasteiger partial charge in [0.1, 0.15) is 19.8 Å². The van der Waals surface area contributed by atoms with E-state index < -0.39 is 8.07 Å². The zero-order chi connectivity index (χ0) is 14.7. The fourth-order valence-corrected chi connectivity index (χ4v) is 3.67. The Balaban J connectivity index is 2.87. The second-order valence-electron chi connectivity index (χ2n) is 6.37. The topological polar surface area (TPSA) is 49.2 Å². The summed E-state index contributed by atoms with van der Waals surface area (Å²) in [6, 6.07) is 0. The minimum absolute atomic E-state index is 0.184. The largest absolute Gasteiger partial charge is 0.356 e. The van der Waals surface area contributed by atoms with Crippen LogP contribution in [-0.4, -0.2) is 43.3 Å². The highest BCUT2D eigenvalue weighted by Crippen LogP contribution is 2.34. The van der Waals surface area contributed by atoms with E-state index in [0.717, 1.165) is 18.4 Å². The van der Waals surface area contributed by atoms with E-state index >= 15 is 0 Å². The van der Waals surface area contributed by atoms with Crippen molar-refractivity contribution in [3.8, 4) is 0 Å². The summed E-state index contributed by atoms with van der Waals surface area (Å²) in [6.07, 6.45) is 2.25. The molecule has 0 aliphatic rings. The van der Waals surface area contributed by atoms with Gasteiger partial charge in [-0.15, -0.1) is 0 Å². The molecule has 5 nitrogen and oxygen atoms in total. The summed E-state index contributed by atoms with van der Waals surface area (Å²) >= 11 is 0. The van der Waals surface area contributed by atoms with Crippen molar-refractivity contribution in [3.63, 3.8) is 0 Å². The third-order valence-electron chi connectivity index (χ3n) is 4.15. The van der Waals surface area contributed by atoms with Crippen molar-refractivity contribution in [2.75, 3.05) is 14.2 Å². The van der Waals surface area contributed by atoms with E-state index in [0.29, 0.717) is 0 Å². The number of aromatic nitrogens is 3. The van der Waals surface area contributed by atoms with Crippen molar-refractivity contribution in [1.29, 1.82) is 0 Å². The Kier molecular flexibility index (Phi) is 5.29. The predicted molar refractivity (Wildman–Crippen MR) is 79.3 cm³/mol. The van der Waals surface area contributed by atoms with Crippen molar-refractivity contribution in [2.24, 2.45) is 0 Å². The van der Waals surface area contributed by atoms with Gasteiger partial charge >= 0.3 is 0 Å². The minimum Gasteiger partial charge on any atom is -0.356 e. The third kappa shape index (κ3) is 3.64. The lowest BCUT2D eigenvalue weighted by Gasteiger charge is -2.35. The summed E-state index contributed by atoms with van der Waals surface area (Å²) in [5.74, 6) is 0. The lowest BCUT2D eigenvalue weighted by atomic mass is 10.2. The molecular weight excluding hydrogens is 258 g/mol. The first-order valence-corrected chi connectivity index (χ1v) is 9.68. The van der Waals surface area contributed by atoms with Gasteiger partial charge in [0.15, 0.2) is 6.29 Å². The molecule has 0 bridgehead atoms. The maximum atomic E-state index is 5.22. The maximum Gasteiger partial charge on any atom is 0.158 e. The molecule has 1 heterocycles. The number of methoxy groups -OCH3 is 2. The van der Waals surface area contributed by atoms with Crippen LogP contribution in [0.3, 0.4) is 0 Å². The van der Waals surface area contributed by atoms with Gasteiger partial charge in [-0.05, 0) is 5.04 Å². The summed E-state index contributed by atoms with van der Waals surface area (Å²) in [4.78, 5) is 4.52. The summed E-state index contributed by atoms with van der Waals surface area (Å²) < 4.78 is 12.5. The molecule has 0 unspecified atom stereocenters. The van der Waals surface area contributed by atoms with Gasteiger partial charge in [0.2, 0.25) is 0 Å². The molecule has 0 radical (unpaired) electrons. The van der Waals surface area contributed by atoms with Crippen molar-refractivity contribution in [3.05, 3.63) is 6.33 Å². The molecule has 0 aliphatic carbocycles. The molecule has 110 valence electrons. The van der Waals surface area contributed by atoms with Gasteiger partial charge in [0, 0.05) is 27.2 Å². The second kappa shape index (κ2) is 6.15. The van der Waals surface area contributed by atoms with Crippen molar-refractivity contribution < 1.29 is 9.47 Å². The minimum atomic E-state index is -1.66. The van der Waals surface area contributed by atoms with Crippen LogP contribution < -0.4 is 5.45 Å². The van der Waals surface area contributed by atoms with Crippen LogP contribution in [0.25, 0.3) is 0 Å². The van der Waals surface area contributed by atoms with Crippen LogP contribution in [0.4, 0.5) is 0 Å². The van der Waals surface area contributed by atoms with Gasteiger partial charge in [0.25, 0.3) is 0 Å². The molecule has 6 heteroatoms. The van der Waals surface area contributed by atoms with Crippen LogP contribution in [0.5, 0.6) is 0 Å². The van der Waals surface area contributed by atoms with E-state index in [4.69, 9.17) is 9.47 Å². The monoisotopic (exact) mass is 285 g/mol. The molecule has 1 rings (SSSR count). The van der Waals surface area contributed by atoms with E-state index in [1.54, 1.807) is 20.5 Å². The Morgan fingerprint density at radius 1 is 1.26 bits per heavy atom. The Hall–Kier alpha value is -0.723. The van der Waals surface area contributed by atoms with Gasteiger partial charge in [-0.2, -0.15) is 5.10 Å². The van der Waals surface area contributed by atoms with Gasteiger partial charge < -0.3 is 9.47 Å². The highest BCUT2D eigenvalue weighted by molar-refractivity contribution is 6.91. The van der Waals surface area contributed by atoms with Crippen molar-refractivity contribution in [1.82, 2.24) is 14.8 Å². The van der Waals surface area contributed by atoms with Crippen LogP contribution >= 0.6 is 0 Å². The first kappa shape index (κ1) is 16.3. The Bertz CT molecular complexity index is 395. The van der Waals surface area contributed by atoms with Crippen LogP contribution in [0.2, 0.25) is 18.1 Å². The standard InChI is InChI=1S/C13H27N3O2Si/c1-13(2,3)19(6,7)12-14-10-15-16(12)9-8-11(17-4)18-5/h10-11H,8-9H2,1-7H3. The predicted octanol–water partition coefficient (Wildman–Crippen LogP) is 2.00. The number of nitrogens with zero attached hydrogens (tertiary/aromatic N) is 3. The first-order chi connectivity index (χ1) is 8.74. The van der Waals surface area contributed by atoms with Crippen molar-refractivity contribution >= 4 is 13.5 Å². The summed E-state index contributed by atoms with van der Waals surface area (Å²) in [5.41, 5.74) is 1.14. The van der Waals surface area contributed by atoms with E-state index in [1.165, 1.54) is 0 Å². The number of rotatable bonds is 6. The average molecular weight is 285 g/mol. The maximum absolute atomic E-state index is 5.22. The number of hydrogen-bond acceptors (Lipinski definition) is 4. The van der Waals surface area contributed by atoms with Crippen LogP contribution in [0.15, 0.2) is 6.33 Å². The van der Waals surface area contributed by atoms with E-state index in [9.17, 15) is 0 Å². The van der Waals surface area contributed by atoms with Gasteiger partial charge in [-0.1, -0.05) is 33.9 Å². The average Bonchev–Trinajstić information content (AvgIpc) is 2.77. The van der Waals surface area contributed by atoms with Crippen molar-refractivity contribution in [2.45, 2.75) is 58.2 Å². The normalized spacial score (nSPS) is 13.3. The highest BCUT2D eigenvalue weighted by atomic mass is 28.3. The zero-order valence-electron chi connectivity index (χ0n) is 13.2. The second-order valence-corrected chi connectivity index (χ2v) is 11.6. The first-order valence-electron chi connectivity index (χ1n) is 6.68. The van der Waals surface area contributed by atoms with Gasteiger partial charge in [-0.3, -0.25) is 4.68 Å². The molecule has 0 aromatic carbocycles. The van der Waals surface area contributed by atoms with E-state index in [1.807, 2.05) is 4.68 Å². The number of hydrogen-bond donors (Lipinski definition) is 0. The molecule has 0 amide bonds. The molecule has 0 spiro atoms. The molecule has 0 fully saturated rings. The fraction of sp³-hybridized carbons (Fsp3) is 0.846. The molecule has 0 atom stereocenters. The lowest BCUT2D eigenvalue weighted by Crippen LogP contribution is -2.54. The van der Waals surface area contributed by atoms with Gasteiger partial charge in [-0.25, -0.2) is 4.98 Å².